The largest absolute Gasteiger partial charge is 0.384 e. The Morgan fingerprint density at radius 2 is 2.36 bits per heavy atom. The predicted molar refractivity (Wildman–Crippen MR) is 56.4 cm³/mol. The fourth-order valence-electron chi connectivity index (χ4n) is 1.06. The maximum absolute atomic E-state index is 4.97. The van der Waals surface area contributed by atoms with Crippen LogP contribution in [0.15, 0.2) is 12.3 Å². The molecule has 14 heavy (non-hydrogen) atoms. The van der Waals surface area contributed by atoms with Gasteiger partial charge in [-0.2, -0.15) is 0 Å². The fraction of sp³-hybridized carbons (Fsp3) is 0.600. The molecule has 0 radical (unpaired) electrons. The molecule has 1 heterocycles. The van der Waals surface area contributed by atoms with E-state index in [0.29, 0.717) is 6.61 Å². The van der Waals surface area contributed by atoms with Gasteiger partial charge in [-0.25, -0.2) is 9.97 Å². The van der Waals surface area contributed by atoms with Gasteiger partial charge in [-0.1, -0.05) is 6.92 Å². The van der Waals surface area contributed by atoms with E-state index in [1.165, 1.54) is 0 Å². The van der Waals surface area contributed by atoms with Crippen LogP contribution in [0.5, 0.6) is 0 Å². The molecule has 0 fully saturated rings. The molecule has 0 saturated heterocycles. The van der Waals surface area contributed by atoms with Crippen molar-refractivity contribution < 1.29 is 4.74 Å². The Labute approximate surface area is 84.7 Å². The molecule has 1 rings (SSSR count). The molecule has 0 bridgehead atoms. The molecule has 1 aromatic rings. The lowest BCUT2D eigenvalue weighted by atomic mass is 10.4. The number of nitrogens with one attached hydrogen (secondary N) is 1. The lowest BCUT2D eigenvalue weighted by Crippen LogP contribution is -2.06. The van der Waals surface area contributed by atoms with Crippen LogP contribution in [-0.2, 0) is 11.2 Å². The van der Waals surface area contributed by atoms with Crippen molar-refractivity contribution in [3.8, 4) is 0 Å². The minimum absolute atomic E-state index is 0.664. The van der Waals surface area contributed by atoms with Crippen LogP contribution in [-0.4, -0.2) is 30.2 Å². The number of nitrogens with zero attached hydrogens (tertiary/aromatic N) is 2. The number of hydrogen-bond acceptors (Lipinski definition) is 4. The molecule has 0 spiro atoms. The lowest BCUT2D eigenvalue weighted by Gasteiger charge is -2.04. The monoisotopic (exact) mass is 195 g/mol. The van der Waals surface area contributed by atoms with Crippen LogP contribution in [0, 0.1) is 0 Å². The topological polar surface area (TPSA) is 47.0 Å². The third-order valence-corrected chi connectivity index (χ3v) is 1.79. The number of methoxy groups -OCH3 is 1. The van der Waals surface area contributed by atoms with Crippen molar-refractivity contribution in [3.05, 3.63) is 18.1 Å². The Bertz CT molecular complexity index is 242. The van der Waals surface area contributed by atoms with Crippen LogP contribution in [0.4, 0.5) is 5.82 Å². The molecule has 4 nitrogen and oxygen atoms in total. The summed E-state index contributed by atoms with van der Waals surface area (Å²) in [7, 11) is 1.68. The summed E-state index contributed by atoms with van der Waals surface area (Å²) < 4.78 is 4.97. The SMILES string of the molecule is CCCNc1ccnc(CCOC)n1. The van der Waals surface area contributed by atoms with Crippen LogP contribution in [0.3, 0.4) is 0 Å². The van der Waals surface area contributed by atoms with Gasteiger partial charge in [-0.3, -0.25) is 0 Å². The molecule has 0 amide bonds. The first-order valence-corrected chi connectivity index (χ1v) is 4.91. The van der Waals surface area contributed by atoms with E-state index in [-0.39, 0.29) is 0 Å². The van der Waals surface area contributed by atoms with Gasteiger partial charge in [0.1, 0.15) is 11.6 Å². The second-order valence-electron chi connectivity index (χ2n) is 3.03. The highest BCUT2D eigenvalue weighted by molar-refractivity contribution is 5.32. The van der Waals surface area contributed by atoms with Gasteiger partial charge in [0, 0.05) is 26.3 Å². The molecule has 4 heteroatoms. The molecule has 0 atom stereocenters. The molecular formula is C10H17N3O. The van der Waals surface area contributed by atoms with Crippen molar-refractivity contribution >= 4 is 5.82 Å². The third-order valence-electron chi connectivity index (χ3n) is 1.79. The molecular weight excluding hydrogens is 178 g/mol. The summed E-state index contributed by atoms with van der Waals surface area (Å²) in [6.07, 6.45) is 3.63. The van der Waals surface area contributed by atoms with Crippen molar-refractivity contribution in [2.45, 2.75) is 19.8 Å². The zero-order chi connectivity index (χ0) is 10.2. The van der Waals surface area contributed by atoms with E-state index in [1.807, 2.05) is 6.07 Å². The van der Waals surface area contributed by atoms with Crippen LogP contribution in [0.25, 0.3) is 0 Å². The first kappa shape index (κ1) is 10.9. The average molecular weight is 195 g/mol. The minimum Gasteiger partial charge on any atom is -0.384 e. The number of anilines is 1. The van der Waals surface area contributed by atoms with Crippen molar-refractivity contribution in [3.63, 3.8) is 0 Å². The van der Waals surface area contributed by atoms with E-state index in [0.717, 1.165) is 31.0 Å². The summed E-state index contributed by atoms with van der Waals surface area (Å²) in [6, 6.07) is 1.88. The molecule has 0 aromatic carbocycles. The van der Waals surface area contributed by atoms with Crippen LogP contribution >= 0.6 is 0 Å². The third kappa shape index (κ3) is 3.70. The Balaban J connectivity index is 2.50. The molecule has 78 valence electrons. The summed E-state index contributed by atoms with van der Waals surface area (Å²) in [6.45, 7) is 3.73. The summed E-state index contributed by atoms with van der Waals surface area (Å²) in [5.41, 5.74) is 0. The van der Waals surface area contributed by atoms with Gasteiger partial charge in [0.05, 0.1) is 6.61 Å². The molecule has 0 aliphatic carbocycles. The Hall–Kier alpha value is -1.16. The highest BCUT2D eigenvalue weighted by atomic mass is 16.5. The molecule has 0 aliphatic rings. The van der Waals surface area contributed by atoms with Crippen molar-refractivity contribution in [2.75, 3.05) is 25.6 Å². The quantitative estimate of drug-likeness (QED) is 0.747. The second kappa shape index (κ2) is 6.32. The predicted octanol–water partition coefficient (Wildman–Crippen LogP) is 1.49. The van der Waals surface area contributed by atoms with Crippen molar-refractivity contribution in [1.29, 1.82) is 0 Å². The van der Waals surface area contributed by atoms with Crippen molar-refractivity contribution in [2.24, 2.45) is 0 Å². The van der Waals surface area contributed by atoms with E-state index in [4.69, 9.17) is 4.74 Å². The van der Waals surface area contributed by atoms with Crippen LogP contribution in [0.1, 0.15) is 19.2 Å². The first-order valence-electron chi connectivity index (χ1n) is 4.91. The minimum atomic E-state index is 0.664. The second-order valence-corrected chi connectivity index (χ2v) is 3.03. The van der Waals surface area contributed by atoms with E-state index in [2.05, 4.69) is 22.2 Å². The Morgan fingerprint density at radius 3 is 3.07 bits per heavy atom. The normalized spacial score (nSPS) is 10.1. The van der Waals surface area contributed by atoms with Crippen molar-refractivity contribution in [1.82, 2.24) is 9.97 Å². The Morgan fingerprint density at radius 1 is 1.50 bits per heavy atom. The van der Waals surface area contributed by atoms with Gasteiger partial charge in [-0.15, -0.1) is 0 Å². The average Bonchev–Trinajstić information content (AvgIpc) is 2.24. The smallest absolute Gasteiger partial charge is 0.132 e. The summed E-state index contributed by atoms with van der Waals surface area (Å²) in [4.78, 5) is 8.50. The molecule has 0 unspecified atom stereocenters. The maximum Gasteiger partial charge on any atom is 0.132 e. The molecule has 0 aliphatic heterocycles. The van der Waals surface area contributed by atoms with E-state index in [1.54, 1.807) is 13.3 Å². The van der Waals surface area contributed by atoms with Gasteiger partial charge in [0.15, 0.2) is 0 Å². The summed E-state index contributed by atoms with van der Waals surface area (Å²) >= 11 is 0. The van der Waals surface area contributed by atoms with Gasteiger partial charge in [0.2, 0.25) is 0 Å². The summed E-state index contributed by atoms with van der Waals surface area (Å²) in [5.74, 6) is 1.72. The highest BCUT2D eigenvalue weighted by Crippen LogP contribution is 2.02. The first-order chi connectivity index (χ1) is 6.86. The van der Waals surface area contributed by atoms with Gasteiger partial charge >= 0.3 is 0 Å². The van der Waals surface area contributed by atoms with Gasteiger partial charge < -0.3 is 10.1 Å². The van der Waals surface area contributed by atoms with Gasteiger partial charge in [0.25, 0.3) is 0 Å². The number of ether oxygens (including phenoxy) is 1. The zero-order valence-electron chi connectivity index (χ0n) is 8.79. The maximum atomic E-state index is 4.97. The molecule has 0 saturated carbocycles. The molecule has 1 N–H and O–H groups in total. The van der Waals surface area contributed by atoms with Crippen LogP contribution < -0.4 is 5.32 Å². The van der Waals surface area contributed by atoms with Gasteiger partial charge in [-0.05, 0) is 12.5 Å². The summed E-state index contributed by atoms with van der Waals surface area (Å²) in [5, 5.41) is 3.22. The highest BCUT2D eigenvalue weighted by Gasteiger charge is 1.97. The Kier molecular flexibility index (Phi) is 4.93. The van der Waals surface area contributed by atoms with E-state index >= 15 is 0 Å². The fourth-order valence-corrected chi connectivity index (χ4v) is 1.06. The number of rotatable bonds is 6. The zero-order valence-corrected chi connectivity index (χ0v) is 8.79. The van der Waals surface area contributed by atoms with E-state index < -0.39 is 0 Å². The lowest BCUT2D eigenvalue weighted by molar-refractivity contribution is 0.200. The number of aromatic nitrogens is 2. The van der Waals surface area contributed by atoms with Crippen LogP contribution in [0.2, 0.25) is 0 Å². The number of hydrogen-bond donors (Lipinski definition) is 1. The molecule has 1 aromatic heterocycles. The standard InChI is InChI=1S/C10H17N3O/c1-3-6-11-9-4-7-12-10(13-9)5-8-14-2/h4,7H,3,5-6,8H2,1-2H3,(H,11,12,13). The van der Waals surface area contributed by atoms with E-state index in [9.17, 15) is 0 Å².